The fraction of sp³-hybridized carbons (Fsp3) is 1.00. The third kappa shape index (κ3) is 3.94. The summed E-state index contributed by atoms with van der Waals surface area (Å²) in [4.78, 5) is 2.48. The largest absolute Gasteiger partial charge is 0.378 e. The second kappa shape index (κ2) is 6.72. The van der Waals surface area contributed by atoms with Gasteiger partial charge >= 0.3 is 0 Å². The molecule has 1 aliphatic rings. The highest BCUT2D eigenvalue weighted by Gasteiger charge is 2.38. The first-order valence-corrected chi connectivity index (χ1v) is 7.07. The smallest absolute Gasteiger partial charge is 0.0590 e. The summed E-state index contributed by atoms with van der Waals surface area (Å²) in [6.45, 7) is 9.52. The molecule has 1 heterocycles. The van der Waals surface area contributed by atoms with E-state index >= 15 is 0 Å². The summed E-state index contributed by atoms with van der Waals surface area (Å²) in [5.41, 5.74) is 6.24. The Morgan fingerprint density at radius 2 is 2.18 bits per heavy atom. The van der Waals surface area contributed by atoms with Crippen molar-refractivity contribution in [1.29, 1.82) is 0 Å². The zero-order valence-corrected chi connectivity index (χ0v) is 12.0. The first kappa shape index (κ1) is 14.9. The average Bonchev–Trinajstić information content (AvgIpc) is 2.35. The van der Waals surface area contributed by atoms with E-state index in [1.807, 2.05) is 0 Å². The minimum Gasteiger partial charge on any atom is -0.378 e. The second-order valence-corrected chi connectivity index (χ2v) is 5.89. The van der Waals surface area contributed by atoms with E-state index in [1.165, 1.54) is 6.42 Å². The molecule has 1 fully saturated rings. The van der Waals surface area contributed by atoms with Crippen molar-refractivity contribution in [1.82, 2.24) is 4.90 Å². The maximum Gasteiger partial charge on any atom is 0.0590 e. The zero-order valence-electron chi connectivity index (χ0n) is 12.0. The summed E-state index contributed by atoms with van der Waals surface area (Å²) in [5.74, 6) is 0.758. The normalized spacial score (nSPS) is 30.2. The third-order valence-electron chi connectivity index (χ3n) is 4.22. The van der Waals surface area contributed by atoms with Crippen molar-refractivity contribution in [3.8, 4) is 0 Å². The Bertz CT molecular complexity index is 220. The van der Waals surface area contributed by atoms with Crippen LogP contribution in [0.25, 0.3) is 0 Å². The predicted octanol–water partition coefficient (Wildman–Crippen LogP) is 2.25. The highest BCUT2D eigenvalue weighted by molar-refractivity contribution is 4.95. The lowest BCUT2D eigenvalue weighted by atomic mass is 9.84. The first-order valence-electron chi connectivity index (χ1n) is 7.07. The van der Waals surface area contributed by atoms with E-state index in [4.69, 9.17) is 10.5 Å². The molecule has 2 N–H and O–H groups in total. The van der Waals surface area contributed by atoms with Crippen LogP contribution in [-0.2, 0) is 4.74 Å². The summed E-state index contributed by atoms with van der Waals surface area (Å²) >= 11 is 0. The van der Waals surface area contributed by atoms with E-state index in [0.717, 1.165) is 44.9 Å². The second-order valence-electron chi connectivity index (χ2n) is 5.89. The van der Waals surface area contributed by atoms with Crippen LogP contribution in [0.1, 0.15) is 46.5 Å². The molecule has 0 amide bonds. The summed E-state index contributed by atoms with van der Waals surface area (Å²) in [6.07, 6.45) is 4.91. The molecule has 0 radical (unpaired) electrons. The molecule has 1 rings (SSSR count). The molecule has 1 aliphatic heterocycles. The number of likely N-dealkylation sites (N-methyl/N-ethyl adjacent to an activating group) is 1. The fourth-order valence-corrected chi connectivity index (χ4v) is 2.64. The van der Waals surface area contributed by atoms with Gasteiger partial charge in [-0.3, -0.25) is 4.90 Å². The lowest BCUT2D eigenvalue weighted by Gasteiger charge is -2.46. The molecule has 0 aromatic rings. The molecule has 3 heteroatoms. The van der Waals surface area contributed by atoms with Gasteiger partial charge in [0, 0.05) is 18.7 Å². The molecular formula is C14H30N2O. The van der Waals surface area contributed by atoms with E-state index in [2.05, 4.69) is 32.7 Å². The molecular weight excluding hydrogens is 212 g/mol. The van der Waals surface area contributed by atoms with Crippen LogP contribution in [0.5, 0.6) is 0 Å². The van der Waals surface area contributed by atoms with Gasteiger partial charge in [0.15, 0.2) is 0 Å². The highest BCUT2D eigenvalue weighted by atomic mass is 16.5. The molecule has 1 saturated heterocycles. The van der Waals surface area contributed by atoms with Crippen LogP contribution in [-0.4, -0.2) is 43.3 Å². The Morgan fingerprint density at radius 3 is 2.71 bits per heavy atom. The molecule has 0 spiro atoms. The molecule has 102 valence electrons. The topological polar surface area (TPSA) is 38.5 Å². The first-order chi connectivity index (χ1) is 8.04. The Labute approximate surface area is 107 Å². The Balaban J connectivity index is 2.59. The van der Waals surface area contributed by atoms with E-state index in [1.54, 1.807) is 0 Å². The van der Waals surface area contributed by atoms with Crippen LogP contribution < -0.4 is 5.73 Å². The van der Waals surface area contributed by atoms with Gasteiger partial charge in [0.2, 0.25) is 0 Å². The number of ether oxygens (including phenoxy) is 1. The molecule has 0 aliphatic carbocycles. The minimum atomic E-state index is 0.174. The van der Waals surface area contributed by atoms with Crippen LogP contribution in [0.3, 0.4) is 0 Å². The molecule has 0 bridgehead atoms. The van der Waals surface area contributed by atoms with Gasteiger partial charge in [-0.1, -0.05) is 20.8 Å². The van der Waals surface area contributed by atoms with Gasteiger partial charge in [-0.05, 0) is 45.2 Å². The lowest BCUT2D eigenvalue weighted by molar-refractivity contribution is -0.0655. The zero-order chi connectivity index (χ0) is 12.9. The van der Waals surface area contributed by atoms with Crippen molar-refractivity contribution < 1.29 is 4.74 Å². The molecule has 0 saturated carbocycles. The van der Waals surface area contributed by atoms with Crippen molar-refractivity contribution in [3.63, 3.8) is 0 Å². The Kier molecular flexibility index (Phi) is 5.90. The summed E-state index contributed by atoms with van der Waals surface area (Å²) in [6, 6.07) is 0. The van der Waals surface area contributed by atoms with E-state index in [0.29, 0.717) is 6.10 Å². The SMILES string of the molecule is CCC1CC(CN)(N(C)CCC(C)C)CCO1. The van der Waals surface area contributed by atoms with Crippen molar-refractivity contribution >= 4 is 0 Å². The fourth-order valence-electron chi connectivity index (χ4n) is 2.64. The number of nitrogens with zero attached hydrogens (tertiary/aromatic N) is 1. The maximum absolute atomic E-state index is 6.07. The van der Waals surface area contributed by atoms with Crippen LogP contribution >= 0.6 is 0 Å². The Morgan fingerprint density at radius 1 is 1.47 bits per heavy atom. The summed E-state index contributed by atoms with van der Waals surface area (Å²) in [5, 5.41) is 0. The monoisotopic (exact) mass is 242 g/mol. The van der Waals surface area contributed by atoms with Crippen LogP contribution in [0.2, 0.25) is 0 Å². The number of nitrogens with two attached hydrogens (primary N) is 1. The van der Waals surface area contributed by atoms with Crippen molar-refractivity contribution in [2.75, 3.05) is 26.7 Å². The van der Waals surface area contributed by atoms with Gasteiger partial charge in [0.1, 0.15) is 0 Å². The quantitative estimate of drug-likeness (QED) is 0.776. The van der Waals surface area contributed by atoms with Crippen LogP contribution in [0.4, 0.5) is 0 Å². The standard InChI is InChI=1S/C14H30N2O/c1-5-13-10-14(11-15,7-9-17-13)16(4)8-6-12(2)3/h12-13H,5-11,15H2,1-4H3. The van der Waals surface area contributed by atoms with Crippen molar-refractivity contribution in [2.45, 2.75) is 58.1 Å². The summed E-state index contributed by atoms with van der Waals surface area (Å²) in [7, 11) is 2.23. The number of rotatable bonds is 6. The van der Waals surface area contributed by atoms with Gasteiger partial charge in [-0.25, -0.2) is 0 Å². The van der Waals surface area contributed by atoms with Crippen molar-refractivity contribution in [2.24, 2.45) is 11.7 Å². The van der Waals surface area contributed by atoms with Gasteiger partial charge in [0.25, 0.3) is 0 Å². The molecule has 0 aromatic carbocycles. The minimum absolute atomic E-state index is 0.174. The molecule has 2 unspecified atom stereocenters. The Hall–Kier alpha value is -0.120. The number of hydrogen-bond donors (Lipinski definition) is 1. The van der Waals surface area contributed by atoms with Gasteiger partial charge in [-0.15, -0.1) is 0 Å². The molecule has 0 aromatic heterocycles. The van der Waals surface area contributed by atoms with Gasteiger partial charge < -0.3 is 10.5 Å². The van der Waals surface area contributed by atoms with Gasteiger partial charge in [0.05, 0.1) is 6.10 Å². The molecule has 3 nitrogen and oxygen atoms in total. The van der Waals surface area contributed by atoms with E-state index in [9.17, 15) is 0 Å². The predicted molar refractivity (Wildman–Crippen MR) is 73.1 cm³/mol. The summed E-state index contributed by atoms with van der Waals surface area (Å²) < 4.78 is 5.78. The molecule has 17 heavy (non-hydrogen) atoms. The number of hydrogen-bond acceptors (Lipinski definition) is 3. The maximum atomic E-state index is 6.07. The lowest BCUT2D eigenvalue weighted by Crippen LogP contribution is -2.57. The van der Waals surface area contributed by atoms with E-state index in [-0.39, 0.29) is 5.54 Å². The average molecular weight is 242 g/mol. The van der Waals surface area contributed by atoms with Crippen LogP contribution in [0, 0.1) is 5.92 Å². The van der Waals surface area contributed by atoms with Crippen LogP contribution in [0.15, 0.2) is 0 Å². The van der Waals surface area contributed by atoms with Crippen molar-refractivity contribution in [3.05, 3.63) is 0 Å². The van der Waals surface area contributed by atoms with Gasteiger partial charge in [-0.2, -0.15) is 0 Å². The third-order valence-corrected chi connectivity index (χ3v) is 4.22. The highest BCUT2D eigenvalue weighted by Crippen LogP contribution is 2.30. The van der Waals surface area contributed by atoms with E-state index < -0.39 is 0 Å². The molecule has 2 atom stereocenters.